The lowest BCUT2D eigenvalue weighted by molar-refractivity contribution is -0.121. The largest absolute Gasteiger partial charge is 0.355 e. The number of aryl methyl sites for hydroxylation is 1. The average molecular weight is 284 g/mol. The van der Waals surface area contributed by atoms with Gasteiger partial charge in [0.05, 0.1) is 6.20 Å². The van der Waals surface area contributed by atoms with Gasteiger partial charge in [0.15, 0.2) is 0 Å². The molecule has 0 aliphatic rings. The van der Waals surface area contributed by atoms with Crippen molar-refractivity contribution in [2.75, 3.05) is 6.54 Å². The molecule has 1 aromatic carbocycles. The Bertz CT molecular complexity index is 892. The second kappa shape index (κ2) is 5.05. The monoisotopic (exact) mass is 284 g/mol. The average Bonchev–Trinajstić information content (AvgIpc) is 2.78. The first-order valence-electron chi connectivity index (χ1n) is 6.83. The number of rotatable bonds is 3. The third kappa shape index (κ3) is 2.08. The summed E-state index contributed by atoms with van der Waals surface area (Å²) in [4.78, 5) is 24.3. The van der Waals surface area contributed by atoms with Crippen molar-refractivity contribution in [2.45, 2.75) is 13.5 Å². The van der Waals surface area contributed by atoms with Gasteiger partial charge in [0.2, 0.25) is 5.91 Å². The summed E-state index contributed by atoms with van der Waals surface area (Å²) in [6.07, 6.45) is 1.67. The maximum atomic E-state index is 12.4. The number of amides is 1. The van der Waals surface area contributed by atoms with Gasteiger partial charge >= 0.3 is 0 Å². The SMILES string of the molecule is CCNC(=O)Cn1c2ccccc2c2cnn(C)c(=O)c21. The van der Waals surface area contributed by atoms with Crippen LogP contribution in [0.15, 0.2) is 35.3 Å². The van der Waals surface area contributed by atoms with Crippen LogP contribution in [0.5, 0.6) is 0 Å². The molecule has 3 aromatic rings. The Balaban J connectivity index is 2.35. The molecular formula is C15H16N4O2. The van der Waals surface area contributed by atoms with E-state index >= 15 is 0 Å². The number of benzene rings is 1. The smallest absolute Gasteiger partial charge is 0.291 e. The first-order chi connectivity index (χ1) is 10.1. The van der Waals surface area contributed by atoms with E-state index < -0.39 is 0 Å². The van der Waals surface area contributed by atoms with E-state index in [1.165, 1.54) is 4.68 Å². The molecule has 0 unspecified atom stereocenters. The third-order valence-electron chi connectivity index (χ3n) is 3.54. The molecule has 21 heavy (non-hydrogen) atoms. The van der Waals surface area contributed by atoms with Gasteiger partial charge in [-0.25, -0.2) is 4.68 Å². The summed E-state index contributed by atoms with van der Waals surface area (Å²) in [5.74, 6) is -0.112. The molecule has 0 saturated carbocycles. The minimum atomic E-state index is -0.201. The molecule has 1 amide bonds. The Labute approximate surface area is 121 Å². The van der Waals surface area contributed by atoms with Gasteiger partial charge in [0.1, 0.15) is 12.1 Å². The second-order valence-corrected chi connectivity index (χ2v) is 4.89. The number of nitrogens with one attached hydrogen (secondary N) is 1. The molecule has 0 bridgehead atoms. The fraction of sp³-hybridized carbons (Fsp3) is 0.267. The van der Waals surface area contributed by atoms with Crippen molar-refractivity contribution in [1.29, 1.82) is 0 Å². The zero-order valence-electron chi connectivity index (χ0n) is 12.0. The summed E-state index contributed by atoms with van der Waals surface area (Å²) in [7, 11) is 1.61. The maximum absolute atomic E-state index is 12.4. The van der Waals surface area contributed by atoms with Crippen LogP contribution in [0, 0.1) is 0 Å². The maximum Gasteiger partial charge on any atom is 0.291 e. The van der Waals surface area contributed by atoms with E-state index in [1.807, 2.05) is 31.2 Å². The molecule has 0 aliphatic heterocycles. The van der Waals surface area contributed by atoms with Gasteiger partial charge in [-0.3, -0.25) is 9.59 Å². The molecule has 6 nitrogen and oxygen atoms in total. The van der Waals surface area contributed by atoms with E-state index in [9.17, 15) is 9.59 Å². The van der Waals surface area contributed by atoms with Crippen molar-refractivity contribution in [1.82, 2.24) is 19.7 Å². The highest BCUT2D eigenvalue weighted by atomic mass is 16.2. The van der Waals surface area contributed by atoms with Crippen LogP contribution >= 0.6 is 0 Å². The Morgan fingerprint density at radius 3 is 2.81 bits per heavy atom. The van der Waals surface area contributed by atoms with Gasteiger partial charge in [-0.1, -0.05) is 18.2 Å². The van der Waals surface area contributed by atoms with Crippen molar-refractivity contribution in [2.24, 2.45) is 7.05 Å². The van der Waals surface area contributed by atoms with Gasteiger partial charge in [-0.2, -0.15) is 5.10 Å². The highest BCUT2D eigenvalue weighted by molar-refractivity contribution is 6.07. The predicted molar refractivity (Wildman–Crippen MR) is 81.2 cm³/mol. The van der Waals surface area contributed by atoms with Crippen LogP contribution in [0.25, 0.3) is 21.8 Å². The second-order valence-electron chi connectivity index (χ2n) is 4.89. The van der Waals surface area contributed by atoms with Crippen LogP contribution in [0.3, 0.4) is 0 Å². The van der Waals surface area contributed by atoms with Gasteiger partial charge in [0, 0.05) is 29.9 Å². The minimum Gasteiger partial charge on any atom is -0.355 e. The topological polar surface area (TPSA) is 68.9 Å². The quantitative estimate of drug-likeness (QED) is 0.781. The van der Waals surface area contributed by atoms with E-state index in [0.717, 1.165) is 16.3 Å². The molecule has 3 rings (SSSR count). The van der Waals surface area contributed by atoms with E-state index in [0.29, 0.717) is 12.1 Å². The number of nitrogens with zero attached hydrogens (tertiary/aromatic N) is 3. The zero-order chi connectivity index (χ0) is 15.0. The molecule has 0 fully saturated rings. The van der Waals surface area contributed by atoms with E-state index in [4.69, 9.17) is 0 Å². The number of carbonyl (C=O) groups is 1. The number of carbonyl (C=O) groups excluding carboxylic acids is 1. The zero-order valence-corrected chi connectivity index (χ0v) is 12.0. The molecule has 1 N–H and O–H groups in total. The van der Waals surface area contributed by atoms with Crippen LogP contribution in [-0.2, 0) is 18.4 Å². The Kier molecular flexibility index (Phi) is 3.21. The Hall–Kier alpha value is -2.63. The van der Waals surface area contributed by atoms with Crippen LogP contribution in [0.4, 0.5) is 0 Å². The van der Waals surface area contributed by atoms with Crippen molar-refractivity contribution in [3.05, 3.63) is 40.8 Å². The summed E-state index contributed by atoms with van der Waals surface area (Å²) in [5, 5.41) is 8.55. The third-order valence-corrected chi connectivity index (χ3v) is 3.54. The molecule has 0 spiro atoms. The summed E-state index contributed by atoms with van der Waals surface area (Å²) < 4.78 is 3.05. The summed E-state index contributed by atoms with van der Waals surface area (Å²) in [6, 6.07) is 7.66. The fourth-order valence-corrected chi connectivity index (χ4v) is 2.60. The van der Waals surface area contributed by atoms with E-state index in [1.54, 1.807) is 17.8 Å². The van der Waals surface area contributed by atoms with Crippen LogP contribution in [-0.4, -0.2) is 26.8 Å². The van der Waals surface area contributed by atoms with Gasteiger partial charge < -0.3 is 9.88 Å². The Morgan fingerprint density at radius 2 is 2.05 bits per heavy atom. The van der Waals surface area contributed by atoms with E-state index in [-0.39, 0.29) is 18.0 Å². The number of hydrogen-bond acceptors (Lipinski definition) is 3. The predicted octanol–water partition coefficient (Wildman–Crippen LogP) is 1.02. The molecule has 0 atom stereocenters. The highest BCUT2D eigenvalue weighted by Gasteiger charge is 2.16. The number of para-hydroxylation sites is 1. The molecule has 108 valence electrons. The molecule has 6 heteroatoms. The summed E-state index contributed by atoms with van der Waals surface area (Å²) in [5.41, 5.74) is 1.18. The molecule has 0 saturated heterocycles. The number of likely N-dealkylation sites (N-methyl/N-ethyl adjacent to an activating group) is 1. The molecule has 2 aromatic heterocycles. The lowest BCUT2D eigenvalue weighted by Gasteiger charge is -2.07. The van der Waals surface area contributed by atoms with Gasteiger partial charge in [-0.15, -0.1) is 0 Å². The van der Waals surface area contributed by atoms with Gasteiger partial charge in [-0.05, 0) is 13.0 Å². The molecule has 2 heterocycles. The molecular weight excluding hydrogens is 268 g/mol. The standard InChI is InChI=1S/C15H16N4O2/c1-3-16-13(20)9-19-12-7-5-4-6-10(12)11-8-17-18(2)15(21)14(11)19/h4-8H,3,9H2,1-2H3,(H,16,20). The Morgan fingerprint density at radius 1 is 1.29 bits per heavy atom. The van der Waals surface area contributed by atoms with Gasteiger partial charge in [0.25, 0.3) is 5.56 Å². The van der Waals surface area contributed by atoms with Crippen molar-refractivity contribution < 1.29 is 4.79 Å². The highest BCUT2D eigenvalue weighted by Crippen LogP contribution is 2.25. The number of hydrogen-bond donors (Lipinski definition) is 1. The van der Waals surface area contributed by atoms with Crippen molar-refractivity contribution in [3.8, 4) is 0 Å². The first-order valence-corrected chi connectivity index (χ1v) is 6.83. The van der Waals surface area contributed by atoms with E-state index in [2.05, 4.69) is 10.4 Å². The normalized spacial score (nSPS) is 11.1. The molecule has 0 aliphatic carbocycles. The lowest BCUT2D eigenvalue weighted by Crippen LogP contribution is -2.29. The molecule has 0 radical (unpaired) electrons. The van der Waals surface area contributed by atoms with Crippen molar-refractivity contribution in [3.63, 3.8) is 0 Å². The number of aromatic nitrogens is 3. The van der Waals surface area contributed by atoms with Crippen LogP contribution in [0.1, 0.15) is 6.92 Å². The lowest BCUT2D eigenvalue weighted by atomic mass is 10.2. The van der Waals surface area contributed by atoms with Crippen LogP contribution < -0.4 is 10.9 Å². The number of fused-ring (bicyclic) bond motifs is 3. The minimum absolute atomic E-state index is 0.112. The van der Waals surface area contributed by atoms with Crippen molar-refractivity contribution >= 4 is 27.7 Å². The van der Waals surface area contributed by atoms with Crippen LogP contribution in [0.2, 0.25) is 0 Å². The first kappa shape index (κ1) is 13.4. The summed E-state index contributed by atoms with van der Waals surface area (Å²) >= 11 is 0. The fourth-order valence-electron chi connectivity index (χ4n) is 2.60. The summed E-state index contributed by atoms with van der Waals surface area (Å²) in [6.45, 7) is 2.55.